The van der Waals surface area contributed by atoms with E-state index in [2.05, 4.69) is 5.32 Å². The van der Waals surface area contributed by atoms with Gasteiger partial charge < -0.3 is 24.4 Å². The summed E-state index contributed by atoms with van der Waals surface area (Å²) in [5.41, 5.74) is 2.99. The fourth-order valence-electron chi connectivity index (χ4n) is 3.60. The summed E-state index contributed by atoms with van der Waals surface area (Å²) >= 11 is 0. The van der Waals surface area contributed by atoms with Gasteiger partial charge in [0.2, 0.25) is 5.91 Å². The Hall–Kier alpha value is -3.22. The Morgan fingerprint density at radius 1 is 1.00 bits per heavy atom. The molecule has 7 nitrogen and oxygen atoms in total. The first-order valence-electron chi connectivity index (χ1n) is 10.5. The summed E-state index contributed by atoms with van der Waals surface area (Å²) in [6, 6.07) is 9.09. The fraction of sp³-hybridized carbons (Fsp3) is 0.417. The molecule has 166 valence electrons. The van der Waals surface area contributed by atoms with Crippen LogP contribution in [0.5, 0.6) is 17.2 Å². The van der Waals surface area contributed by atoms with Crippen LogP contribution >= 0.6 is 0 Å². The summed E-state index contributed by atoms with van der Waals surface area (Å²) in [4.78, 5) is 27.4. The first-order valence-corrected chi connectivity index (χ1v) is 10.5. The van der Waals surface area contributed by atoms with Crippen molar-refractivity contribution in [1.82, 2.24) is 4.90 Å². The van der Waals surface area contributed by atoms with Gasteiger partial charge in [0.05, 0.1) is 38.5 Å². The number of amides is 2. The van der Waals surface area contributed by atoms with E-state index < -0.39 is 0 Å². The molecule has 0 saturated carbocycles. The van der Waals surface area contributed by atoms with E-state index in [0.29, 0.717) is 35.8 Å². The Morgan fingerprint density at radius 3 is 2.35 bits per heavy atom. The third-order valence-electron chi connectivity index (χ3n) is 5.56. The van der Waals surface area contributed by atoms with Crippen LogP contribution in [0.1, 0.15) is 40.7 Å². The predicted molar refractivity (Wildman–Crippen MR) is 119 cm³/mol. The van der Waals surface area contributed by atoms with Crippen LogP contribution in [0.4, 0.5) is 5.69 Å². The second kappa shape index (κ2) is 10.2. The number of rotatable bonds is 8. The van der Waals surface area contributed by atoms with Crippen LogP contribution in [-0.2, 0) is 4.79 Å². The summed E-state index contributed by atoms with van der Waals surface area (Å²) in [6.07, 6.45) is 2.12. The van der Waals surface area contributed by atoms with Crippen molar-refractivity contribution in [3.8, 4) is 17.2 Å². The van der Waals surface area contributed by atoms with Gasteiger partial charge in [0.25, 0.3) is 5.91 Å². The second-order valence-corrected chi connectivity index (χ2v) is 7.60. The number of anilines is 1. The average molecular weight is 427 g/mol. The Kier molecular flexibility index (Phi) is 7.39. The van der Waals surface area contributed by atoms with Gasteiger partial charge in [-0.05, 0) is 49.9 Å². The number of hydrogen-bond donors (Lipinski definition) is 1. The molecule has 0 bridgehead atoms. The number of nitrogens with zero attached hydrogens (tertiary/aromatic N) is 1. The number of carbonyl (C=O) groups is 2. The van der Waals surface area contributed by atoms with E-state index in [9.17, 15) is 9.59 Å². The van der Waals surface area contributed by atoms with Gasteiger partial charge in [0.1, 0.15) is 5.75 Å². The van der Waals surface area contributed by atoms with Crippen LogP contribution in [-0.4, -0.2) is 50.6 Å². The lowest BCUT2D eigenvalue weighted by molar-refractivity contribution is -0.116. The van der Waals surface area contributed by atoms with Crippen molar-refractivity contribution in [1.29, 1.82) is 0 Å². The minimum absolute atomic E-state index is 0.125. The molecule has 1 aliphatic rings. The average Bonchev–Trinajstić information content (AvgIpc) is 3.31. The van der Waals surface area contributed by atoms with Crippen molar-refractivity contribution in [3.63, 3.8) is 0 Å². The number of hydrogen-bond acceptors (Lipinski definition) is 5. The number of nitrogens with one attached hydrogen (secondary N) is 1. The van der Waals surface area contributed by atoms with Crippen LogP contribution in [0.25, 0.3) is 0 Å². The Morgan fingerprint density at radius 2 is 1.68 bits per heavy atom. The maximum Gasteiger partial charge on any atom is 0.256 e. The van der Waals surface area contributed by atoms with Crippen molar-refractivity contribution < 1.29 is 23.8 Å². The van der Waals surface area contributed by atoms with E-state index >= 15 is 0 Å². The number of benzene rings is 2. The molecule has 1 fully saturated rings. The van der Waals surface area contributed by atoms with E-state index in [1.165, 1.54) is 14.2 Å². The fourth-order valence-corrected chi connectivity index (χ4v) is 3.60. The molecule has 0 aromatic heterocycles. The topological polar surface area (TPSA) is 77.1 Å². The molecule has 31 heavy (non-hydrogen) atoms. The van der Waals surface area contributed by atoms with Gasteiger partial charge in [-0.15, -0.1) is 0 Å². The minimum atomic E-state index is -0.243. The molecule has 0 spiro atoms. The van der Waals surface area contributed by atoms with E-state index in [-0.39, 0.29) is 24.8 Å². The third kappa shape index (κ3) is 5.29. The lowest BCUT2D eigenvalue weighted by Crippen LogP contribution is -2.29. The molecule has 2 aromatic rings. The highest BCUT2D eigenvalue weighted by Crippen LogP contribution is 2.34. The van der Waals surface area contributed by atoms with Gasteiger partial charge in [0.15, 0.2) is 11.5 Å². The van der Waals surface area contributed by atoms with E-state index in [4.69, 9.17) is 14.2 Å². The maximum absolute atomic E-state index is 13.0. The van der Waals surface area contributed by atoms with Crippen LogP contribution in [0.15, 0.2) is 30.3 Å². The Balaban J connectivity index is 1.73. The van der Waals surface area contributed by atoms with Crippen LogP contribution in [0.3, 0.4) is 0 Å². The molecule has 1 saturated heterocycles. The molecule has 0 radical (unpaired) electrons. The molecule has 1 N–H and O–H groups in total. The first kappa shape index (κ1) is 22.5. The molecule has 0 unspecified atom stereocenters. The first-order chi connectivity index (χ1) is 14.9. The zero-order chi connectivity index (χ0) is 22.4. The summed E-state index contributed by atoms with van der Waals surface area (Å²) in [7, 11) is 3.04. The Bertz CT molecular complexity index is 951. The highest BCUT2D eigenvalue weighted by atomic mass is 16.5. The molecular weight excluding hydrogens is 396 g/mol. The molecule has 2 aromatic carbocycles. The largest absolute Gasteiger partial charge is 0.493 e. The maximum atomic E-state index is 13.0. The van der Waals surface area contributed by atoms with Gasteiger partial charge in [-0.2, -0.15) is 0 Å². The molecule has 0 aliphatic carbocycles. The van der Waals surface area contributed by atoms with Crippen molar-refractivity contribution in [2.75, 3.05) is 39.2 Å². The molecule has 0 atom stereocenters. The number of likely N-dealkylation sites (tertiary alicyclic amines) is 1. The summed E-state index contributed by atoms with van der Waals surface area (Å²) < 4.78 is 16.5. The van der Waals surface area contributed by atoms with Gasteiger partial charge in [-0.25, -0.2) is 0 Å². The van der Waals surface area contributed by atoms with Crippen molar-refractivity contribution >= 4 is 17.5 Å². The molecule has 1 aliphatic heterocycles. The molecule has 3 rings (SSSR count). The molecule has 7 heteroatoms. The number of ether oxygens (including phenoxy) is 3. The van der Waals surface area contributed by atoms with E-state index in [1.807, 2.05) is 32.0 Å². The van der Waals surface area contributed by atoms with E-state index in [0.717, 1.165) is 29.7 Å². The Labute approximate surface area is 183 Å². The zero-order valence-corrected chi connectivity index (χ0v) is 18.6. The zero-order valence-electron chi connectivity index (χ0n) is 18.6. The molecule has 1 heterocycles. The van der Waals surface area contributed by atoms with Crippen molar-refractivity contribution in [3.05, 3.63) is 47.0 Å². The quantitative estimate of drug-likeness (QED) is 0.691. The lowest BCUT2D eigenvalue weighted by Gasteiger charge is -2.20. The van der Waals surface area contributed by atoms with Crippen molar-refractivity contribution in [2.24, 2.45) is 0 Å². The third-order valence-corrected chi connectivity index (χ3v) is 5.56. The minimum Gasteiger partial charge on any atom is -0.493 e. The predicted octanol–water partition coefficient (Wildman–Crippen LogP) is 3.96. The number of aryl methyl sites for hydroxylation is 1. The summed E-state index contributed by atoms with van der Waals surface area (Å²) in [6.45, 7) is 5.67. The van der Waals surface area contributed by atoms with Crippen LogP contribution < -0.4 is 19.5 Å². The smallest absolute Gasteiger partial charge is 0.256 e. The van der Waals surface area contributed by atoms with Gasteiger partial charge in [0, 0.05) is 19.2 Å². The normalized spacial score (nSPS) is 13.1. The van der Waals surface area contributed by atoms with Crippen molar-refractivity contribution in [2.45, 2.75) is 33.1 Å². The SMILES string of the molecule is COc1cc(NC(=O)CCOc2cccc(C)c2C)c(C(=O)N2CCCC2)cc1OC. The van der Waals surface area contributed by atoms with E-state index in [1.54, 1.807) is 17.0 Å². The molecular formula is C24H30N2O5. The second-order valence-electron chi connectivity index (χ2n) is 7.60. The number of carbonyl (C=O) groups excluding carboxylic acids is 2. The standard InChI is InChI=1S/C24H30N2O5/c1-16-8-7-9-20(17(16)2)31-13-10-23(27)25-19-15-22(30-4)21(29-3)14-18(19)24(28)26-11-5-6-12-26/h7-9,14-15H,5-6,10-13H2,1-4H3,(H,25,27). The van der Waals surface area contributed by atoms with Gasteiger partial charge >= 0.3 is 0 Å². The summed E-state index contributed by atoms with van der Waals surface area (Å²) in [5, 5.41) is 2.85. The van der Waals surface area contributed by atoms with Crippen LogP contribution in [0.2, 0.25) is 0 Å². The summed E-state index contributed by atoms with van der Waals surface area (Å²) in [5.74, 6) is 1.29. The highest BCUT2D eigenvalue weighted by molar-refractivity contribution is 6.04. The highest BCUT2D eigenvalue weighted by Gasteiger charge is 2.25. The van der Waals surface area contributed by atoms with Gasteiger partial charge in [-0.3, -0.25) is 9.59 Å². The monoisotopic (exact) mass is 426 g/mol. The van der Waals surface area contributed by atoms with Gasteiger partial charge in [-0.1, -0.05) is 12.1 Å². The van der Waals surface area contributed by atoms with Crippen LogP contribution in [0, 0.1) is 13.8 Å². The number of methoxy groups -OCH3 is 2. The molecule has 2 amide bonds. The lowest BCUT2D eigenvalue weighted by atomic mass is 10.1.